The molecule has 0 unspecified atom stereocenters. The second kappa shape index (κ2) is 5.77. The Hall–Kier alpha value is -1.69. The molecule has 1 heterocycles. The molecule has 0 aliphatic carbocycles. The zero-order chi connectivity index (χ0) is 13.0. The van der Waals surface area contributed by atoms with Crippen molar-refractivity contribution in [2.24, 2.45) is 0 Å². The summed E-state index contributed by atoms with van der Waals surface area (Å²) in [5.41, 5.74) is 0. The minimum absolute atomic E-state index is 0.328. The molecule has 0 aliphatic rings. The van der Waals surface area contributed by atoms with Crippen molar-refractivity contribution in [3.05, 3.63) is 40.8 Å². The second-order valence-electron chi connectivity index (χ2n) is 3.43. The fourth-order valence-electron chi connectivity index (χ4n) is 1.31. The molecule has 1 N–H and O–H groups in total. The van der Waals surface area contributed by atoms with Gasteiger partial charge in [0.15, 0.2) is 0 Å². The van der Waals surface area contributed by atoms with Crippen LogP contribution in [-0.4, -0.2) is 16.5 Å². The number of aromatic nitrogens is 2. The van der Waals surface area contributed by atoms with Crippen LogP contribution in [0.25, 0.3) is 0 Å². The molecular weight excluding hydrogens is 301 g/mol. The largest absolute Gasteiger partial charge is 0.438 e. The topological polar surface area (TPSA) is 47.0 Å². The lowest BCUT2D eigenvalue weighted by atomic mass is 10.3. The zero-order valence-corrected chi connectivity index (χ0v) is 11.2. The zero-order valence-electron chi connectivity index (χ0n) is 9.65. The summed E-state index contributed by atoms with van der Waals surface area (Å²) < 4.78 is 19.0. The van der Waals surface area contributed by atoms with Crippen molar-refractivity contribution in [3.8, 4) is 11.6 Å². The Morgan fingerprint density at radius 1 is 1.39 bits per heavy atom. The number of halogens is 2. The summed E-state index contributed by atoms with van der Waals surface area (Å²) in [5.74, 6) is 1.06. The number of nitrogens with zero attached hydrogens (tertiary/aromatic N) is 2. The van der Waals surface area contributed by atoms with Gasteiger partial charge in [-0.15, -0.1) is 0 Å². The fraction of sp³-hybridized carbons (Fsp3) is 0.167. The fourth-order valence-corrected chi connectivity index (χ4v) is 1.74. The van der Waals surface area contributed by atoms with Gasteiger partial charge >= 0.3 is 0 Å². The monoisotopic (exact) mass is 311 g/mol. The van der Waals surface area contributed by atoms with Crippen LogP contribution in [0.3, 0.4) is 0 Å². The van der Waals surface area contributed by atoms with E-state index in [1.54, 1.807) is 12.3 Å². The Balaban J connectivity index is 2.20. The van der Waals surface area contributed by atoms with Gasteiger partial charge in [-0.2, -0.15) is 4.98 Å². The van der Waals surface area contributed by atoms with Crippen molar-refractivity contribution in [2.75, 3.05) is 11.9 Å². The van der Waals surface area contributed by atoms with Crippen LogP contribution >= 0.6 is 15.9 Å². The highest BCUT2D eigenvalue weighted by atomic mass is 79.9. The summed E-state index contributed by atoms with van der Waals surface area (Å²) in [6.45, 7) is 2.68. The minimum atomic E-state index is -0.328. The standard InChI is InChI=1S/C12H11BrFN3O/c1-2-15-12-16-6-5-11(17-12)18-10-4-3-8(14)7-9(10)13/h3-7H,2H2,1H3,(H,15,16,17). The quantitative estimate of drug-likeness (QED) is 0.937. The van der Waals surface area contributed by atoms with Crippen LogP contribution in [0.15, 0.2) is 34.9 Å². The van der Waals surface area contributed by atoms with E-state index in [2.05, 4.69) is 31.2 Å². The first-order chi connectivity index (χ1) is 8.69. The number of hydrogen-bond donors (Lipinski definition) is 1. The summed E-state index contributed by atoms with van der Waals surface area (Å²) in [4.78, 5) is 8.20. The molecule has 0 radical (unpaired) electrons. The lowest BCUT2D eigenvalue weighted by Crippen LogP contribution is -2.02. The van der Waals surface area contributed by atoms with Gasteiger partial charge in [0.1, 0.15) is 11.6 Å². The normalized spacial score (nSPS) is 10.2. The van der Waals surface area contributed by atoms with Gasteiger partial charge in [-0.3, -0.25) is 0 Å². The molecule has 0 saturated heterocycles. The SMILES string of the molecule is CCNc1nccc(Oc2ccc(F)cc2Br)n1. The molecule has 2 aromatic rings. The first-order valence-electron chi connectivity index (χ1n) is 5.39. The minimum Gasteiger partial charge on any atom is -0.438 e. The van der Waals surface area contributed by atoms with Gasteiger partial charge in [0.05, 0.1) is 4.47 Å². The molecular formula is C12H11BrFN3O. The molecule has 0 atom stereocenters. The summed E-state index contributed by atoms with van der Waals surface area (Å²) >= 11 is 3.23. The Morgan fingerprint density at radius 2 is 2.22 bits per heavy atom. The van der Waals surface area contributed by atoms with Crippen LogP contribution in [-0.2, 0) is 0 Å². The van der Waals surface area contributed by atoms with Gasteiger partial charge in [-0.1, -0.05) is 0 Å². The van der Waals surface area contributed by atoms with E-state index < -0.39 is 0 Å². The van der Waals surface area contributed by atoms with Gasteiger partial charge in [0.25, 0.3) is 0 Å². The number of nitrogens with one attached hydrogen (secondary N) is 1. The Morgan fingerprint density at radius 3 is 2.94 bits per heavy atom. The highest BCUT2D eigenvalue weighted by molar-refractivity contribution is 9.10. The molecule has 2 rings (SSSR count). The summed E-state index contributed by atoms with van der Waals surface area (Å²) in [6, 6.07) is 5.83. The number of hydrogen-bond acceptors (Lipinski definition) is 4. The highest BCUT2D eigenvalue weighted by Crippen LogP contribution is 2.29. The van der Waals surface area contributed by atoms with Crippen LogP contribution in [0.4, 0.5) is 10.3 Å². The third kappa shape index (κ3) is 3.16. The van der Waals surface area contributed by atoms with E-state index in [9.17, 15) is 4.39 Å². The molecule has 6 heteroatoms. The molecule has 0 bridgehead atoms. The molecule has 0 amide bonds. The number of benzene rings is 1. The van der Waals surface area contributed by atoms with Crippen LogP contribution < -0.4 is 10.1 Å². The molecule has 0 fully saturated rings. The van der Waals surface area contributed by atoms with Crippen molar-refractivity contribution in [2.45, 2.75) is 6.92 Å². The predicted octanol–water partition coefficient (Wildman–Crippen LogP) is 3.60. The third-order valence-corrected chi connectivity index (χ3v) is 2.69. The number of anilines is 1. The maximum atomic E-state index is 12.9. The molecule has 4 nitrogen and oxygen atoms in total. The van der Waals surface area contributed by atoms with Crippen molar-refractivity contribution in [1.29, 1.82) is 0 Å². The van der Waals surface area contributed by atoms with Crippen LogP contribution in [0, 0.1) is 5.82 Å². The molecule has 0 aliphatic heterocycles. The van der Waals surface area contributed by atoms with Crippen molar-refractivity contribution < 1.29 is 9.13 Å². The van der Waals surface area contributed by atoms with E-state index in [1.807, 2.05) is 6.92 Å². The van der Waals surface area contributed by atoms with Gasteiger partial charge in [-0.05, 0) is 41.1 Å². The van der Waals surface area contributed by atoms with E-state index >= 15 is 0 Å². The average molecular weight is 312 g/mol. The number of ether oxygens (including phenoxy) is 1. The van der Waals surface area contributed by atoms with E-state index in [0.717, 1.165) is 6.54 Å². The Kier molecular flexibility index (Phi) is 4.09. The van der Waals surface area contributed by atoms with Gasteiger partial charge in [0, 0.05) is 18.8 Å². The Labute approximate surface area is 112 Å². The lowest BCUT2D eigenvalue weighted by molar-refractivity contribution is 0.457. The molecule has 1 aromatic carbocycles. The van der Waals surface area contributed by atoms with Gasteiger partial charge in [0.2, 0.25) is 11.8 Å². The van der Waals surface area contributed by atoms with Crippen LogP contribution in [0.1, 0.15) is 6.92 Å². The number of rotatable bonds is 4. The lowest BCUT2D eigenvalue weighted by Gasteiger charge is -2.08. The third-order valence-electron chi connectivity index (χ3n) is 2.07. The Bertz CT molecular complexity index is 551. The average Bonchev–Trinajstić information content (AvgIpc) is 2.34. The van der Waals surface area contributed by atoms with Crippen LogP contribution in [0.5, 0.6) is 11.6 Å². The van der Waals surface area contributed by atoms with Gasteiger partial charge in [-0.25, -0.2) is 9.37 Å². The predicted molar refractivity (Wildman–Crippen MR) is 70.4 cm³/mol. The molecule has 1 aromatic heterocycles. The van der Waals surface area contributed by atoms with E-state index in [1.165, 1.54) is 18.2 Å². The molecule has 0 spiro atoms. The molecule has 0 saturated carbocycles. The first kappa shape index (κ1) is 12.8. The van der Waals surface area contributed by atoms with E-state index in [4.69, 9.17) is 4.74 Å². The second-order valence-corrected chi connectivity index (χ2v) is 4.28. The summed E-state index contributed by atoms with van der Waals surface area (Å²) in [6.07, 6.45) is 1.59. The summed E-state index contributed by atoms with van der Waals surface area (Å²) in [7, 11) is 0. The van der Waals surface area contributed by atoms with Crippen molar-refractivity contribution in [3.63, 3.8) is 0 Å². The van der Waals surface area contributed by atoms with Crippen molar-refractivity contribution in [1.82, 2.24) is 9.97 Å². The first-order valence-corrected chi connectivity index (χ1v) is 6.18. The van der Waals surface area contributed by atoms with Gasteiger partial charge < -0.3 is 10.1 Å². The van der Waals surface area contributed by atoms with Crippen LogP contribution in [0.2, 0.25) is 0 Å². The van der Waals surface area contributed by atoms with E-state index in [0.29, 0.717) is 22.1 Å². The van der Waals surface area contributed by atoms with E-state index in [-0.39, 0.29) is 5.82 Å². The summed E-state index contributed by atoms with van der Waals surface area (Å²) in [5, 5.41) is 2.98. The molecule has 94 valence electrons. The maximum Gasteiger partial charge on any atom is 0.225 e. The maximum absolute atomic E-state index is 12.9. The smallest absolute Gasteiger partial charge is 0.225 e. The molecule has 18 heavy (non-hydrogen) atoms. The highest BCUT2D eigenvalue weighted by Gasteiger charge is 2.06. The van der Waals surface area contributed by atoms with Crippen molar-refractivity contribution >= 4 is 21.9 Å².